The monoisotopic (exact) mass is 204 g/mol. The number of hydrogen-bond donors (Lipinski definition) is 0. The first-order valence-corrected chi connectivity index (χ1v) is 4.86. The van der Waals surface area contributed by atoms with Gasteiger partial charge in [-0.15, -0.1) is 0 Å². The van der Waals surface area contributed by atoms with Gasteiger partial charge in [-0.25, -0.2) is 9.97 Å². The van der Waals surface area contributed by atoms with Gasteiger partial charge in [0, 0.05) is 12.4 Å². The molecular formula is C10H12N4O. The molecule has 0 saturated carbocycles. The number of hydrazone groups is 1. The molecule has 2 rings (SSSR count). The minimum Gasteiger partial charge on any atom is -0.272 e. The van der Waals surface area contributed by atoms with E-state index in [2.05, 4.69) is 15.1 Å². The predicted octanol–water partition coefficient (Wildman–Crippen LogP) is 1.23. The van der Waals surface area contributed by atoms with Crippen LogP contribution >= 0.6 is 0 Å². The van der Waals surface area contributed by atoms with Crippen LogP contribution < -0.4 is 5.01 Å². The van der Waals surface area contributed by atoms with Crippen molar-refractivity contribution in [1.29, 1.82) is 0 Å². The van der Waals surface area contributed by atoms with E-state index in [9.17, 15) is 4.79 Å². The second-order valence-corrected chi connectivity index (χ2v) is 3.68. The van der Waals surface area contributed by atoms with Gasteiger partial charge in [-0.05, 0) is 12.0 Å². The summed E-state index contributed by atoms with van der Waals surface area (Å²) in [6, 6.07) is 1.71. The molecule has 0 N–H and O–H groups in total. The molecule has 0 radical (unpaired) electrons. The number of carbonyl (C=O) groups is 1. The zero-order chi connectivity index (χ0) is 10.8. The topological polar surface area (TPSA) is 58.5 Å². The van der Waals surface area contributed by atoms with Gasteiger partial charge in [-0.1, -0.05) is 13.8 Å². The summed E-state index contributed by atoms with van der Waals surface area (Å²) in [6.45, 7) is 4.03. The summed E-state index contributed by atoms with van der Waals surface area (Å²) >= 11 is 0. The molecule has 0 saturated heterocycles. The second-order valence-electron chi connectivity index (χ2n) is 3.68. The minimum absolute atomic E-state index is 0.0649. The highest BCUT2D eigenvalue weighted by Crippen LogP contribution is 2.18. The van der Waals surface area contributed by atoms with E-state index < -0.39 is 0 Å². The maximum Gasteiger partial charge on any atom is 0.255 e. The largest absolute Gasteiger partial charge is 0.272 e. The molecule has 5 nitrogen and oxygen atoms in total. The van der Waals surface area contributed by atoms with Crippen molar-refractivity contribution in [3.63, 3.8) is 0 Å². The van der Waals surface area contributed by atoms with Gasteiger partial charge in [0.25, 0.3) is 11.9 Å². The lowest BCUT2D eigenvalue weighted by molar-refractivity contribution is -0.117. The van der Waals surface area contributed by atoms with Crippen molar-refractivity contribution in [2.75, 3.05) is 5.01 Å². The molecule has 1 aromatic rings. The van der Waals surface area contributed by atoms with Crippen molar-refractivity contribution in [2.45, 2.75) is 20.3 Å². The lowest BCUT2D eigenvalue weighted by Gasteiger charge is -2.07. The SMILES string of the molecule is CC(C)C1=NN(c2ncccn2)C(=O)C1. The molecule has 78 valence electrons. The van der Waals surface area contributed by atoms with E-state index in [1.165, 1.54) is 5.01 Å². The Morgan fingerprint density at radius 3 is 2.53 bits per heavy atom. The third-order valence-electron chi connectivity index (χ3n) is 2.21. The molecule has 0 atom stereocenters. The number of rotatable bonds is 2. The first-order valence-electron chi connectivity index (χ1n) is 4.86. The van der Waals surface area contributed by atoms with Crippen molar-refractivity contribution in [3.05, 3.63) is 18.5 Å². The first kappa shape index (κ1) is 9.76. The predicted molar refractivity (Wildman–Crippen MR) is 56.4 cm³/mol. The molecule has 0 spiro atoms. The van der Waals surface area contributed by atoms with E-state index in [0.29, 0.717) is 12.4 Å². The highest BCUT2D eigenvalue weighted by molar-refractivity contribution is 6.12. The fourth-order valence-electron chi connectivity index (χ4n) is 1.33. The van der Waals surface area contributed by atoms with Crippen LogP contribution in [0.15, 0.2) is 23.6 Å². The molecule has 15 heavy (non-hydrogen) atoms. The Labute approximate surface area is 87.8 Å². The summed E-state index contributed by atoms with van der Waals surface area (Å²) in [5.41, 5.74) is 0.882. The Balaban J connectivity index is 2.28. The van der Waals surface area contributed by atoms with Crippen molar-refractivity contribution in [3.8, 4) is 0 Å². The van der Waals surface area contributed by atoms with Crippen LogP contribution in [0.5, 0.6) is 0 Å². The number of amides is 1. The fraction of sp³-hybridized carbons (Fsp3) is 0.400. The third-order valence-corrected chi connectivity index (χ3v) is 2.21. The van der Waals surface area contributed by atoms with Gasteiger partial charge < -0.3 is 0 Å². The maximum absolute atomic E-state index is 11.6. The Hall–Kier alpha value is -1.78. The quantitative estimate of drug-likeness (QED) is 0.727. The van der Waals surface area contributed by atoms with Crippen LogP contribution in [0.25, 0.3) is 0 Å². The van der Waals surface area contributed by atoms with Gasteiger partial charge >= 0.3 is 0 Å². The van der Waals surface area contributed by atoms with Gasteiger partial charge in [-0.2, -0.15) is 10.1 Å². The Kier molecular flexibility index (Phi) is 2.45. The summed E-state index contributed by atoms with van der Waals surface area (Å²) in [4.78, 5) is 19.6. The standard InChI is InChI=1S/C10H12N4O/c1-7(2)8-6-9(15)14(13-8)10-11-4-3-5-12-10/h3-5,7H,6H2,1-2H3. The molecule has 0 unspecified atom stereocenters. The van der Waals surface area contributed by atoms with Crippen LogP contribution in [0.1, 0.15) is 20.3 Å². The highest BCUT2D eigenvalue weighted by atomic mass is 16.2. The molecular weight excluding hydrogens is 192 g/mol. The van der Waals surface area contributed by atoms with Crippen LogP contribution in [0.3, 0.4) is 0 Å². The number of carbonyl (C=O) groups excluding carboxylic acids is 1. The summed E-state index contributed by atoms with van der Waals surface area (Å²) in [5, 5.41) is 5.49. The van der Waals surface area contributed by atoms with Gasteiger partial charge in [-0.3, -0.25) is 4.79 Å². The molecule has 2 heterocycles. The Bertz CT molecular complexity index is 399. The van der Waals surface area contributed by atoms with Crippen molar-refractivity contribution in [1.82, 2.24) is 9.97 Å². The molecule has 1 amide bonds. The number of hydrogen-bond acceptors (Lipinski definition) is 4. The van der Waals surface area contributed by atoms with Crippen LogP contribution in [-0.2, 0) is 4.79 Å². The van der Waals surface area contributed by atoms with Crippen molar-refractivity contribution >= 4 is 17.6 Å². The minimum atomic E-state index is -0.0649. The first-order chi connectivity index (χ1) is 7.18. The third kappa shape index (κ3) is 1.86. The van der Waals surface area contributed by atoms with Gasteiger partial charge in [0.05, 0.1) is 12.1 Å². The van der Waals surface area contributed by atoms with E-state index in [1.54, 1.807) is 18.5 Å². The average molecular weight is 204 g/mol. The fourth-order valence-corrected chi connectivity index (χ4v) is 1.33. The summed E-state index contributed by atoms with van der Waals surface area (Å²) in [5.74, 6) is 0.561. The summed E-state index contributed by atoms with van der Waals surface area (Å²) in [6.07, 6.45) is 3.56. The summed E-state index contributed by atoms with van der Waals surface area (Å²) in [7, 11) is 0. The van der Waals surface area contributed by atoms with E-state index in [4.69, 9.17) is 0 Å². The van der Waals surface area contributed by atoms with E-state index in [1.807, 2.05) is 13.8 Å². The van der Waals surface area contributed by atoms with Crippen LogP contribution in [0.4, 0.5) is 5.95 Å². The molecule has 1 aromatic heterocycles. The van der Waals surface area contributed by atoms with Crippen molar-refractivity contribution in [2.24, 2.45) is 11.0 Å². The molecule has 0 aliphatic carbocycles. The number of anilines is 1. The Morgan fingerprint density at radius 2 is 2.00 bits per heavy atom. The average Bonchev–Trinajstić information content (AvgIpc) is 2.62. The molecule has 0 aromatic carbocycles. The lowest BCUT2D eigenvalue weighted by Crippen LogP contribution is -2.21. The summed E-state index contributed by atoms with van der Waals surface area (Å²) < 4.78 is 0. The molecule has 1 aliphatic heterocycles. The second kappa shape index (κ2) is 3.76. The van der Waals surface area contributed by atoms with E-state index >= 15 is 0 Å². The lowest BCUT2D eigenvalue weighted by atomic mass is 10.1. The molecule has 5 heteroatoms. The zero-order valence-corrected chi connectivity index (χ0v) is 8.71. The van der Waals surface area contributed by atoms with Gasteiger partial charge in [0.2, 0.25) is 0 Å². The van der Waals surface area contributed by atoms with E-state index in [-0.39, 0.29) is 11.8 Å². The van der Waals surface area contributed by atoms with E-state index in [0.717, 1.165) is 5.71 Å². The van der Waals surface area contributed by atoms with Crippen LogP contribution in [0, 0.1) is 5.92 Å². The highest BCUT2D eigenvalue weighted by Gasteiger charge is 2.27. The maximum atomic E-state index is 11.6. The van der Waals surface area contributed by atoms with Crippen LogP contribution in [0.2, 0.25) is 0 Å². The molecule has 1 aliphatic rings. The zero-order valence-electron chi connectivity index (χ0n) is 8.71. The molecule has 0 fully saturated rings. The van der Waals surface area contributed by atoms with Crippen LogP contribution in [-0.4, -0.2) is 21.6 Å². The van der Waals surface area contributed by atoms with Gasteiger partial charge in [0.15, 0.2) is 0 Å². The molecule has 0 bridgehead atoms. The number of aromatic nitrogens is 2. The van der Waals surface area contributed by atoms with Crippen molar-refractivity contribution < 1.29 is 4.79 Å². The normalized spacial score (nSPS) is 16.1. The number of nitrogens with zero attached hydrogens (tertiary/aromatic N) is 4. The smallest absolute Gasteiger partial charge is 0.255 e. The Morgan fingerprint density at radius 1 is 1.33 bits per heavy atom. The van der Waals surface area contributed by atoms with Gasteiger partial charge in [0.1, 0.15) is 0 Å².